The molecule has 0 amide bonds. The molecule has 1 heterocycles. The number of nitrogens with zero attached hydrogens (tertiary/aromatic N) is 1. The molecule has 7 nitrogen and oxygen atoms in total. The number of carboxylic acids is 1. The molecule has 0 fully saturated rings. The fourth-order valence-electron chi connectivity index (χ4n) is 1.93. The molecule has 1 aromatic carbocycles. The number of carboxylic acid groups (broad SMARTS) is 1. The van der Waals surface area contributed by atoms with Crippen LogP contribution in [-0.4, -0.2) is 41.6 Å². The van der Waals surface area contributed by atoms with Crippen molar-refractivity contribution in [2.24, 2.45) is 5.41 Å². The van der Waals surface area contributed by atoms with Crippen LogP contribution in [-0.2, 0) is 0 Å². The van der Waals surface area contributed by atoms with E-state index in [1.165, 1.54) is 0 Å². The second-order valence-corrected chi connectivity index (χ2v) is 5.94. The molecule has 0 aliphatic rings. The molecule has 0 atom stereocenters. The van der Waals surface area contributed by atoms with Crippen LogP contribution in [0.1, 0.15) is 24.2 Å². The maximum Gasteiger partial charge on any atom is 0.343 e. The van der Waals surface area contributed by atoms with Crippen molar-refractivity contribution in [3.63, 3.8) is 0 Å². The summed E-state index contributed by atoms with van der Waals surface area (Å²) in [7, 11) is 1.55. The van der Waals surface area contributed by atoms with E-state index in [9.17, 15) is 15.0 Å². The van der Waals surface area contributed by atoms with Gasteiger partial charge in [0.15, 0.2) is 17.1 Å². The van der Waals surface area contributed by atoms with Gasteiger partial charge in [0.1, 0.15) is 5.75 Å². The monoisotopic (exact) mass is 320 g/mol. The molecular weight excluding hydrogens is 300 g/mol. The normalized spacial score (nSPS) is 11.3. The van der Waals surface area contributed by atoms with Crippen LogP contribution in [0.15, 0.2) is 28.8 Å². The number of nitrogens with one attached hydrogen (secondary N) is 1. The predicted molar refractivity (Wildman–Crippen MR) is 84.8 cm³/mol. The van der Waals surface area contributed by atoms with Gasteiger partial charge in [0, 0.05) is 24.1 Å². The molecule has 0 unspecified atom stereocenters. The number of hydrogen-bond acceptors (Lipinski definition) is 6. The number of aromatic nitrogens is 1. The summed E-state index contributed by atoms with van der Waals surface area (Å²) in [5, 5.41) is 25.5. The summed E-state index contributed by atoms with van der Waals surface area (Å²) in [6, 6.07) is 6.83. The van der Waals surface area contributed by atoms with E-state index in [0.717, 1.165) is 0 Å². The van der Waals surface area contributed by atoms with Gasteiger partial charge in [-0.15, -0.1) is 0 Å². The van der Waals surface area contributed by atoms with E-state index < -0.39 is 11.4 Å². The molecule has 0 saturated carbocycles. The van der Waals surface area contributed by atoms with E-state index in [1.807, 2.05) is 13.8 Å². The van der Waals surface area contributed by atoms with Gasteiger partial charge in [-0.3, -0.25) is 0 Å². The number of ether oxygens (including phenoxy) is 1. The molecule has 1 aromatic heterocycles. The number of aliphatic hydroxyl groups is 1. The second kappa shape index (κ2) is 6.70. The first-order valence-corrected chi connectivity index (χ1v) is 7.10. The Morgan fingerprint density at radius 1 is 1.35 bits per heavy atom. The molecule has 3 N–H and O–H groups in total. The van der Waals surface area contributed by atoms with Crippen molar-refractivity contribution >= 4 is 11.8 Å². The van der Waals surface area contributed by atoms with Crippen LogP contribution in [0.25, 0.3) is 11.3 Å². The standard InChI is InChI=1S/C16H20N2O5/c1-16(2,9-19)8-17-14-12(15(20)21)13(23-18-14)10-4-6-11(22-3)7-5-10/h4-7,19H,8-9H2,1-3H3,(H,17,18)(H,20,21). The zero-order chi connectivity index (χ0) is 17.0. The van der Waals surface area contributed by atoms with Gasteiger partial charge in [0.2, 0.25) is 0 Å². The van der Waals surface area contributed by atoms with Crippen molar-refractivity contribution in [2.75, 3.05) is 25.6 Å². The zero-order valence-electron chi connectivity index (χ0n) is 13.3. The molecule has 0 radical (unpaired) electrons. The van der Waals surface area contributed by atoms with Crippen molar-refractivity contribution in [1.82, 2.24) is 5.16 Å². The van der Waals surface area contributed by atoms with Gasteiger partial charge in [0.25, 0.3) is 0 Å². The van der Waals surface area contributed by atoms with Gasteiger partial charge >= 0.3 is 5.97 Å². The average Bonchev–Trinajstić information content (AvgIpc) is 2.97. The highest BCUT2D eigenvalue weighted by molar-refractivity contribution is 5.99. The molecule has 0 saturated heterocycles. The third-order valence-electron chi connectivity index (χ3n) is 3.42. The number of methoxy groups -OCH3 is 1. The average molecular weight is 320 g/mol. The third kappa shape index (κ3) is 3.81. The Morgan fingerprint density at radius 2 is 2.00 bits per heavy atom. The van der Waals surface area contributed by atoms with Gasteiger partial charge in [-0.25, -0.2) is 4.79 Å². The quantitative estimate of drug-likeness (QED) is 0.719. The van der Waals surface area contributed by atoms with E-state index >= 15 is 0 Å². The fourth-order valence-corrected chi connectivity index (χ4v) is 1.93. The minimum atomic E-state index is -1.14. The first kappa shape index (κ1) is 16.8. The van der Waals surface area contributed by atoms with E-state index in [2.05, 4.69) is 10.5 Å². The fraction of sp³-hybridized carbons (Fsp3) is 0.375. The van der Waals surface area contributed by atoms with Crippen LogP contribution >= 0.6 is 0 Å². The predicted octanol–water partition coefficient (Wildman–Crippen LogP) is 2.48. The van der Waals surface area contributed by atoms with Crippen LogP contribution in [0.4, 0.5) is 5.82 Å². The molecule has 0 spiro atoms. The van der Waals surface area contributed by atoms with Gasteiger partial charge in [-0.05, 0) is 24.3 Å². The summed E-state index contributed by atoms with van der Waals surface area (Å²) in [4.78, 5) is 11.6. The van der Waals surface area contributed by atoms with Crippen LogP contribution in [0.3, 0.4) is 0 Å². The lowest BCUT2D eigenvalue weighted by Crippen LogP contribution is -2.27. The van der Waals surface area contributed by atoms with E-state index in [-0.39, 0.29) is 23.7 Å². The summed E-state index contributed by atoms with van der Waals surface area (Å²) in [6.07, 6.45) is 0. The number of aliphatic hydroxyl groups excluding tert-OH is 1. The van der Waals surface area contributed by atoms with Crippen LogP contribution in [0, 0.1) is 5.41 Å². The highest BCUT2D eigenvalue weighted by Gasteiger charge is 2.25. The summed E-state index contributed by atoms with van der Waals surface area (Å²) in [5.74, 6) is -0.163. The number of anilines is 1. The molecule has 2 rings (SSSR count). The molecule has 2 aromatic rings. The first-order chi connectivity index (χ1) is 10.9. The first-order valence-electron chi connectivity index (χ1n) is 7.10. The van der Waals surface area contributed by atoms with Crippen LogP contribution in [0.5, 0.6) is 5.75 Å². The van der Waals surface area contributed by atoms with Crippen molar-refractivity contribution in [1.29, 1.82) is 0 Å². The summed E-state index contributed by atoms with van der Waals surface area (Å²) in [5.41, 5.74) is 0.142. The zero-order valence-corrected chi connectivity index (χ0v) is 13.3. The van der Waals surface area contributed by atoms with Crippen molar-refractivity contribution in [2.45, 2.75) is 13.8 Å². The summed E-state index contributed by atoms with van der Waals surface area (Å²) in [6.45, 7) is 4.03. The molecule has 23 heavy (non-hydrogen) atoms. The van der Waals surface area contributed by atoms with E-state index in [1.54, 1.807) is 31.4 Å². The topological polar surface area (TPSA) is 105 Å². The van der Waals surface area contributed by atoms with Crippen molar-refractivity contribution in [3.8, 4) is 17.1 Å². The van der Waals surface area contributed by atoms with Gasteiger partial charge in [-0.2, -0.15) is 0 Å². The third-order valence-corrected chi connectivity index (χ3v) is 3.42. The number of hydrogen-bond donors (Lipinski definition) is 3. The SMILES string of the molecule is COc1ccc(-c2onc(NCC(C)(C)CO)c2C(=O)O)cc1. The number of carbonyl (C=O) groups is 1. The van der Waals surface area contributed by atoms with Crippen LogP contribution in [0.2, 0.25) is 0 Å². The Kier molecular flexibility index (Phi) is 4.90. The minimum absolute atomic E-state index is 0.0361. The minimum Gasteiger partial charge on any atom is -0.497 e. The van der Waals surface area contributed by atoms with Crippen molar-refractivity contribution in [3.05, 3.63) is 29.8 Å². The van der Waals surface area contributed by atoms with Crippen molar-refractivity contribution < 1.29 is 24.3 Å². The Hall–Kier alpha value is -2.54. The lowest BCUT2D eigenvalue weighted by atomic mass is 9.95. The molecular formula is C16H20N2O5. The maximum absolute atomic E-state index is 11.6. The number of aromatic carboxylic acids is 1. The molecule has 0 aliphatic carbocycles. The Bertz CT molecular complexity index is 676. The Labute approximate surface area is 133 Å². The van der Waals surface area contributed by atoms with Gasteiger partial charge < -0.3 is 24.8 Å². The second-order valence-electron chi connectivity index (χ2n) is 5.94. The largest absolute Gasteiger partial charge is 0.497 e. The highest BCUT2D eigenvalue weighted by Crippen LogP contribution is 2.31. The maximum atomic E-state index is 11.6. The molecule has 124 valence electrons. The molecule has 7 heteroatoms. The Morgan fingerprint density at radius 3 is 2.52 bits per heavy atom. The molecule has 0 aliphatic heterocycles. The Balaban J connectivity index is 2.32. The summed E-state index contributed by atoms with van der Waals surface area (Å²) >= 11 is 0. The smallest absolute Gasteiger partial charge is 0.343 e. The lowest BCUT2D eigenvalue weighted by Gasteiger charge is -2.21. The number of rotatable bonds is 7. The van der Waals surface area contributed by atoms with E-state index in [4.69, 9.17) is 9.26 Å². The van der Waals surface area contributed by atoms with Crippen LogP contribution < -0.4 is 10.1 Å². The highest BCUT2D eigenvalue weighted by atomic mass is 16.5. The molecule has 0 bridgehead atoms. The van der Waals surface area contributed by atoms with Gasteiger partial charge in [-0.1, -0.05) is 19.0 Å². The number of benzene rings is 1. The lowest BCUT2D eigenvalue weighted by molar-refractivity contribution is 0.0698. The summed E-state index contributed by atoms with van der Waals surface area (Å²) < 4.78 is 10.3. The van der Waals surface area contributed by atoms with E-state index in [0.29, 0.717) is 17.9 Å². The van der Waals surface area contributed by atoms with Gasteiger partial charge in [0.05, 0.1) is 7.11 Å².